The minimum atomic E-state index is -3.52. The first-order valence-electron chi connectivity index (χ1n) is 9.02. The van der Waals surface area contributed by atoms with Crippen LogP contribution in [0.1, 0.15) is 5.56 Å². The third-order valence-electron chi connectivity index (χ3n) is 4.28. The maximum absolute atomic E-state index is 12.7. The van der Waals surface area contributed by atoms with Crippen LogP contribution in [0.15, 0.2) is 56.9 Å². The summed E-state index contributed by atoms with van der Waals surface area (Å²) in [5.41, 5.74) is 4.15. The van der Waals surface area contributed by atoms with Gasteiger partial charge in [-0.3, -0.25) is 5.43 Å². The normalized spacial score (nSPS) is 15.1. The van der Waals surface area contributed by atoms with Crippen molar-refractivity contribution in [3.63, 3.8) is 0 Å². The summed E-state index contributed by atoms with van der Waals surface area (Å²) in [5, 5.41) is 7.34. The smallest absolute Gasteiger partial charge is 0.243 e. The van der Waals surface area contributed by atoms with E-state index in [4.69, 9.17) is 21.7 Å². The molecule has 11 heteroatoms. The topological polar surface area (TPSA) is 92.3 Å². The third-order valence-corrected chi connectivity index (χ3v) is 6.88. The van der Waals surface area contributed by atoms with Crippen molar-refractivity contribution in [3.05, 3.63) is 52.5 Å². The highest BCUT2D eigenvalue weighted by molar-refractivity contribution is 9.10. The average Bonchev–Trinajstić information content (AvgIpc) is 2.75. The van der Waals surface area contributed by atoms with E-state index in [0.717, 1.165) is 10.0 Å². The van der Waals surface area contributed by atoms with Crippen molar-refractivity contribution in [2.24, 2.45) is 5.10 Å². The molecule has 1 heterocycles. The lowest BCUT2D eigenvalue weighted by Crippen LogP contribution is -2.40. The van der Waals surface area contributed by atoms with E-state index in [-0.39, 0.29) is 10.0 Å². The first-order valence-corrected chi connectivity index (χ1v) is 11.7. The Labute approximate surface area is 189 Å². The summed E-state index contributed by atoms with van der Waals surface area (Å²) in [4.78, 5) is 0.230. The number of hydrogen-bond donors (Lipinski definition) is 2. The summed E-state index contributed by atoms with van der Waals surface area (Å²) in [5.74, 6) is 0.680. The van der Waals surface area contributed by atoms with E-state index in [1.54, 1.807) is 37.6 Å². The van der Waals surface area contributed by atoms with Gasteiger partial charge in [0.1, 0.15) is 5.75 Å². The van der Waals surface area contributed by atoms with E-state index in [1.165, 1.54) is 4.31 Å². The van der Waals surface area contributed by atoms with E-state index in [9.17, 15) is 8.42 Å². The predicted octanol–water partition coefficient (Wildman–Crippen LogP) is 2.80. The molecule has 160 valence electrons. The zero-order valence-electron chi connectivity index (χ0n) is 16.2. The van der Waals surface area contributed by atoms with Gasteiger partial charge in [-0.25, -0.2) is 8.42 Å². The Morgan fingerprint density at radius 2 is 1.93 bits per heavy atom. The molecule has 0 radical (unpaired) electrons. The molecule has 30 heavy (non-hydrogen) atoms. The predicted molar refractivity (Wildman–Crippen MR) is 124 cm³/mol. The van der Waals surface area contributed by atoms with Crippen molar-refractivity contribution in [3.8, 4) is 5.75 Å². The number of halogens is 1. The molecule has 2 N–H and O–H groups in total. The number of anilines is 1. The number of nitrogens with zero attached hydrogens (tertiary/aromatic N) is 2. The molecular weight excluding hydrogens is 492 g/mol. The molecule has 0 aliphatic carbocycles. The Balaban J connectivity index is 1.59. The molecule has 0 unspecified atom stereocenters. The second-order valence-electron chi connectivity index (χ2n) is 6.25. The van der Waals surface area contributed by atoms with Crippen LogP contribution >= 0.6 is 28.1 Å². The fourth-order valence-corrected chi connectivity index (χ4v) is 4.73. The number of nitrogens with one attached hydrogen (secondary N) is 2. The van der Waals surface area contributed by atoms with Gasteiger partial charge in [-0.2, -0.15) is 9.41 Å². The molecule has 1 saturated heterocycles. The van der Waals surface area contributed by atoms with Crippen LogP contribution in [0, 0.1) is 0 Å². The van der Waals surface area contributed by atoms with Gasteiger partial charge in [-0.1, -0.05) is 15.9 Å². The number of hydrogen-bond acceptors (Lipinski definition) is 6. The Bertz CT molecular complexity index is 1020. The van der Waals surface area contributed by atoms with E-state index >= 15 is 0 Å². The van der Waals surface area contributed by atoms with Gasteiger partial charge in [0, 0.05) is 28.8 Å². The van der Waals surface area contributed by atoms with Gasteiger partial charge < -0.3 is 14.8 Å². The molecular formula is C19H21BrN4O4S2. The number of hydrazone groups is 1. The lowest BCUT2D eigenvalue weighted by molar-refractivity contribution is 0.0730. The molecule has 2 aromatic carbocycles. The van der Waals surface area contributed by atoms with E-state index in [2.05, 4.69) is 31.8 Å². The zero-order chi connectivity index (χ0) is 21.6. The zero-order valence-corrected chi connectivity index (χ0v) is 19.4. The molecule has 0 spiro atoms. The summed E-state index contributed by atoms with van der Waals surface area (Å²) in [6, 6.07) is 12.0. The first kappa shape index (κ1) is 22.6. The van der Waals surface area contributed by atoms with Gasteiger partial charge in [0.25, 0.3) is 0 Å². The van der Waals surface area contributed by atoms with E-state index in [0.29, 0.717) is 37.7 Å². The van der Waals surface area contributed by atoms with Gasteiger partial charge in [0.15, 0.2) is 5.11 Å². The Morgan fingerprint density at radius 1 is 1.23 bits per heavy atom. The molecule has 1 fully saturated rings. The van der Waals surface area contributed by atoms with Crippen LogP contribution in [0.25, 0.3) is 0 Å². The van der Waals surface area contributed by atoms with Crippen molar-refractivity contribution in [2.75, 3.05) is 38.7 Å². The van der Waals surface area contributed by atoms with Crippen LogP contribution in [-0.4, -0.2) is 57.5 Å². The maximum atomic E-state index is 12.7. The molecule has 8 nitrogen and oxygen atoms in total. The summed E-state index contributed by atoms with van der Waals surface area (Å²) < 4.78 is 38.1. The monoisotopic (exact) mass is 512 g/mol. The molecule has 0 saturated carbocycles. The highest BCUT2D eigenvalue weighted by Crippen LogP contribution is 2.21. The first-order chi connectivity index (χ1) is 14.4. The molecule has 1 aliphatic heterocycles. The second-order valence-corrected chi connectivity index (χ2v) is 9.51. The number of morpholine rings is 1. The minimum Gasteiger partial charge on any atom is -0.496 e. The van der Waals surface area contributed by atoms with E-state index in [1.807, 2.05) is 18.2 Å². The highest BCUT2D eigenvalue weighted by atomic mass is 79.9. The summed E-state index contributed by atoms with van der Waals surface area (Å²) >= 11 is 8.64. The second kappa shape index (κ2) is 10.3. The van der Waals surface area contributed by atoms with Crippen molar-refractivity contribution in [2.45, 2.75) is 4.90 Å². The van der Waals surface area contributed by atoms with Gasteiger partial charge in [0.2, 0.25) is 10.0 Å². The van der Waals surface area contributed by atoms with Gasteiger partial charge in [-0.05, 0) is 54.7 Å². The number of benzene rings is 2. The van der Waals surface area contributed by atoms with Crippen LogP contribution in [-0.2, 0) is 14.8 Å². The van der Waals surface area contributed by atoms with Gasteiger partial charge >= 0.3 is 0 Å². The molecule has 0 atom stereocenters. The molecule has 3 rings (SSSR count). The van der Waals surface area contributed by atoms with Crippen LogP contribution < -0.4 is 15.5 Å². The quantitative estimate of drug-likeness (QED) is 0.349. The highest BCUT2D eigenvalue weighted by Gasteiger charge is 2.26. The Kier molecular flexibility index (Phi) is 7.78. The standard InChI is InChI=1S/C19H21BrN4O4S2/c1-27-18-7-2-15(20)12-14(18)13-21-23-19(29)22-16-3-5-17(6-4-16)30(25,26)24-8-10-28-11-9-24/h2-7,12-13H,8-11H2,1H3,(H2,22,23,29)/b21-13+. The van der Waals surface area contributed by atoms with Gasteiger partial charge in [-0.15, -0.1) is 0 Å². The van der Waals surface area contributed by atoms with Crippen molar-refractivity contribution >= 4 is 55.2 Å². The number of ether oxygens (including phenoxy) is 2. The summed E-state index contributed by atoms with van der Waals surface area (Å²) in [6.45, 7) is 1.53. The van der Waals surface area contributed by atoms with Crippen LogP contribution in [0.2, 0.25) is 0 Å². The fraction of sp³-hybridized carbons (Fsp3) is 0.263. The number of rotatable bonds is 6. The Hall–Kier alpha value is -2.05. The average molecular weight is 513 g/mol. The minimum absolute atomic E-state index is 0.230. The van der Waals surface area contributed by atoms with Gasteiger partial charge in [0.05, 0.1) is 31.4 Å². The van der Waals surface area contributed by atoms with Crippen LogP contribution in [0.5, 0.6) is 5.75 Å². The lowest BCUT2D eigenvalue weighted by atomic mass is 10.2. The number of thiocarbonyl (C=S) groups is 1. The molecule has 0 aromatic heterocycles. The molecule has 0 bridgehead atoms. The molecule has 0 amide bonds. The van der Waals surface area contributed by atoms with E-state index < -0.39 is 10.0 Å². The maximum Gasteiger partial charge on any atom is 0.243 e. The Morgan fingerprint density at radius 3 is 2.60 bits per heavy atom. The lowest BCUT2D eigenvalue weighted by Gasteiger charge is -2.26. The fourth-order valence-electron chi connectivity index (χ4n) is 2.77. The van der Waals surface area contributed by atoms with Crippen LogP contribution in [0.3, 0.4) is 0 Å². The van der Waals surface area contributed by atoms with Crippen molar-refractivity contribution in [1.29, 1.82) is 0 Å². The number of methoxy groups -OCH3 is 1. The van der Waals surface area contributed by atoms with Crippen molar-refractivity contribution < 1.29 is 17.9 Å². The van der Waals surface area contributed by atoms with Crippen LogP contribution in [0.4, 0.5) is 5.69 Å². The van der Waals surface area contributed by atoms with Crippen molar-refractivity contribution in [1.82, 2.24) is 9.73 Å². The SMILES string of the molecule is COc1ccc(Br)cc1/C=N/NC(=S)Nc1ccc(S(=O)(=O)N2CCOCC2)cc1. The largest absolute Gasteiger partial charge is 0.496 e. The summed E-state index contributed by atoms with van der Waals surface area (Å²) in [7, 11) is -1.94. The molecule has 2 aromatic rings. The third kappa shape index (κ3) is 5.76. The number of sulfonamides is 1. The molecule has 1 aliphatic rings. The summed E-state index contributed by atoms with van der Waals surface area (Å²) in [6.07, 6.45) is 1.59.